The average molecular weight is 390 g/mol. The molecule has 0 radical (unpaired) electrons. The van der Waals surface area contributed by atoms with Gasteiger partial charge in [-0.05, 0) is 38.0 Å². The van der Waals surface area contributed by atoms with Crippen molar-refractivity contribution in [2.75, 3.05) is 13.2 Å². The van der Waals surface area contributed by atoms with Gasteiger partial charge in [-0.1, -0.05) is 6.07 Å². The van der Waals surface area contributed by atoms with Gasteiger partial charge in [0.25, 0.3) is 5.91 Å². The maximum atomic E-state index is 14.2. The number of fused-ring (bicyclic) bond motifs is 1. The van der Waals surface area contributed by atoms with Gasteiger partial charge in [-0.3, -0.25) is 4.79 Å². The Bertz CT molecular complexity index is 989. The van der Waals surface area contributed by atoms with E-state index in [1.165, 1.54) is 12.1 Å². The fourth-order valence-electron chi connectivity index (χ4n) is 3.45. The minimum Gasteiger partial charge on any atom is -0.376 e. The molecule has 0 aliphatic carbocycles. The molecule has 1 aliphatic heterocycles. The zero-order valence-corrected chi connectivity index (χ0v) is 15.7. The van der Waals surface area contributed by atoms with Gasteiger partial charge < -0.3 is 14.6 Å². The minimum absolute atomic E-state index is 0.0512. The predicted octanol–water partition coefficient (Wildman–Crippen LogP) is 4.25. The maximum Gasteiger partial charge on any atom is 0.268 e. The quantitative estimate of drug-likeness (QED) is 0.708. The van der Waals surface area contributed by atoms with Crippen LogP contribution in [0.15, 0.2) is 30.3 Å². The van der Waals surface area contributed by atoms with Gasteiger partial charge in [-0.15, -0.1) is 11.3 Å². The van der Waals surface area contributed by atoms with Crippen LogP contribution in [0.25, 0.3) is 10.2 Å². The zero-order chi connectivity index (χ0) is 19.0. The van der Waals surface area contributed by atoms with Crippen molar-refractivity contribution >= 4 is 27.5 Å². The highest BCUT2D eigenvalue weighted by atomic mass is 32.1. The molecular formula is C20H20F2N2O2S. The number of hydrogen-bond acceptors (Lipinski definition) is 3. The van der Waals surface area contributed by atoms with E-state index in [1.807, 2.05) is 19.1 Å². The molecule has 142 valence electrons. The number of halogens is 2. The Morgan fingerprint density at radius 2 is 2.19 bits per heavy atom. The lowest BCUT2D eigenvalue weighted by Gasteiger charge is -2.14. The van der Waals surface area contributed by atoms with Crippen molar-refractivity contribution in [2.24, 2.45) is 0 Å². The van der Waals surface area contributed by atoms with Crippen molar-refractivity contribution in [3.05, 3.63) is 58.1 Å². The first-order valence-corrected chi connectivity index (χ1v) is 9.76. The molecule has 2 aromatic heterocycles. The number of aryl methyl sites for hydroxylation is 1. The van der Waals surface area contributed by atoms with Crippen molar-refractivity contribution < 1.29 is 18.3 Å². The first-order chi connectivity index (χ1) is 13.0. The molecule has 27 heavy (non-hydrogen) atoms. The molecule has 3 heterocycles. The number of carbonyl (C=O) groups excluding carboxylic acids is 1. The van der Waals surface area contributed by atoms with E-state index in [1.54, 1.807) is 15.9 Å². The van der Waals surface area contributed by atoms with Gasteiger partial charge in [-0.25, -0.2) is 8.78 Å². The lowest BCUT2D eigenvalue weighted by molar-refractivity contribution is 0.0851. The van der Waals surface area contributed by atoms with Crippen LogP contribution >= 0.6 is 11.3 Å². The Morgan fingerprint density at radius 1 is 1.33 bits per heavy atom. The highest BCUT2D eigenvalue weighted by molar-refractivity contribution is 7.19. The summed E-state index contributed by atoms with van der Waals surface area (Å²) in [4.78, 5) is 13.9. The minimum atomic E-state index is -0.616. The van der Waals surface area contributed by atoms with Crippen LogP contribution in [0.4, 0.5) is 8.78 Å². The summed E-state index contributed by atoms with van der Waals surface area (Å²) in [6, 6.07) is 7.34. The number of ether oxygens (including phenoxy) is 1. The van der Waals surface area contributed by atoms with Crippen molar-refractivity contribution in [3.63, 3.8) is 0 Å². The fraction of sp³-hybridized carbons (Fsp3) is 0.350. The van der Waals surface area contributed by atoms with Crippen LogP contribution < -0.4 is 5.32 Å². The van der Waals surface area contributed by atoms with Gasteiger partial charge in [0.15, 0.2) is 0 Å². The molecule has 1 fully saturated rings. The third-order valence-electron chi connectivity index (χ3n) is 4.80. The number of amides is 1. The van der Waals surface area contributed by atoms with Gasteiger partial charge in [0.05, 0.1) is 22.9 Å². The van der Waals surface area contributed by atoms with E-state index in [-0.39, 0.29) is 18.6 Å². The molecule has 0 unspecified atom stereocenters. The lowest BCUT2D eigenvalue weighted by atomic mass is 10.2. The summed E-state index contributed by atoms with van der Waals surface area (Å²) in [5.74, 6) is -1.45. The van der Waals surface area contributed by atoms with Crippen LogP contribution in [-0.2, 0) is 11.3 Å². The fourth-order valence-corrected chi connectivity index (χ4v) is 4.41. The van der Waals surface area contributed by atoms with Crippen molar-refractivity contribution in [1.82, 2.24) is 9.88 Å². The number of benzene rings is 1. The van der Waals surface area contributed by atoms with Gasteiger partial charge >= 0.3 is 0 Å². The molecule has 7 heteroatoms. The summed E-state index contributed by atoms with van der Waals surface area (Å²) in [6.45, 7) is 3.34. The Kier molecular flexibility index (Phi) is 4.97. The average Bonchev–Trinajstić information content (AvgIpc) is 3.32. The second kappa shape index (κ2) is 7.40. The second-order valence-corrected chi connectivity index (χ2v) is 8.09. The standard InChI is InChI=1S/C20H20F2N2O2S/c1-12-7-17-19(27-12)9-18(20(25)23-10-15-3-2-6-26-15)24(17)11-13-4-5-14(21)8-16(13)22/h4-5,7-9,15H,2-3,6,10-11H2,1H3,(H,23,25)/t15-/m1/s1. The zero-order valence-electron chi connectivity index (χ0n) is 14.9. The lowest BCUT2D eigenvalue weighted by Crippen LogP contribution is -2.33. The smallest absolute Gasteiger partial charge is 0.268 e. The number of nitrogens with zero attached hydrogens (tertiary/aromatic N) is 1. The Balaban J connectivity index is 1.64. The highest BCUT2D eigenvalue weighted by Gasteiger charge is 2.21. The van der Waals surface area contributed by atoms with Gasteiger partial charge in [0.1, 0.15) is 17.3 Å². The molecule has 1 aliphatic rings. The van der Waals surface area contributed by atoms with E-state index in [9.17, 15) is 13.6 Å². The van der Waals surface area contributed by atoms with Crippen molar-refractivity contribution in [3.8, 4) is 0 Å². The molecule has 4 rings (SSSR count). The molecular weight excluding hydrogens is 370 g/mol. The van der Waals surface area contributed by atoms with E-state index in [2.05, 4.69) is 5.32 Å². The monoisotopic (exact) mass is 390 g/mol. The summed E-state index contributed by atoms with van der Waals surface area (Å²) in [5, 5.41) is 2.92. The molecule has 3 aromatic rings. The van der Waals surface area contributed by atoms with Crippen LogP contribution in [0.2, 0.25) is 0 Å². The Morgan fingerprint density at radius 3 is 2.93 bits per heavy atom. The number of nitrogens with one attached hydrogen (secondary N) is 1. The second-order valence-electron chi connectivity index (χ2n) is 6.80. The SMILES string of the molecule is Cc1cc2c(cc(C(=O)NC[C@H]3CCCO3)n2Cc2ccc(F)cc2F)s1. The normalized spacial score (nSPS) is 16.9. The molecule has 1 atom stereocenters. The molecule has 1 aromatic carbocycles. The third kappa shape index (κ3) is 3.75. The van der Waals surface area contributed by atoms with Crippen LogP contribution in [0.1, 0.15) is 33.8 Å². The molecule has 0 saturated carbocycles. The largest absolute Gasteiger partial charge is 0.376 e. The third-order valence-corrected chi connectivity index (χ3v) is 5.79. The number of rotatable bonds is 5. The van der Waals surface area contributed by atoms with E-state index < -0.39 is 11.6 Å². The maximum absolute atomic E-state index is 14.2. The van der Waals surface area contributed by atoms with Gasteiger partial charge in [0, 0.05) is 29.7 Å². The number of carbonyl (C=O) groups is 1. The molecule has 0 spiro atoms. The van der Waals surface area contributed by atoms with Gasteiger partial charge in [-0.2, -0.15) is 0 Å². The summed E-state index contributed by atoms with van der Waals surface area (Å²) in [7, 11) is 0. The topological polar surface area (TPSA) is 43.3 Å². The van der Waals surface area contributed by atoms with E-state index in [4.69, 9.17) is 4.74 Å². The molecule has 1 saturated heterocycles. The van der Waals surface area contributed by atoms with E-state index in [0.717, 1.165) is 40.6 Å². The summed E-state index contributed by atoms with van der Waals surface area (Å²) in [5.41, 5.74) is 1.69. The number of hydrogen-bond donors (Lipinski definition) is 1. The summed E-state index contributed by atoms with van der Waals surface area (Å²) < 4.78 is 35.7. The first-order valence-electron chi connectivity index (χ1n) is 8.94. The van der Waals surface area contributed by atoms with Crippen molar-refractivity contribution in [2.45, 2.75) is 32.4 Å². The summed E-state index contributed by atoms with van der Waals surface area (Å²) in [6.07, 6.45) is 2.00. The molecule has 4 nitrogen and oxygen atoms in total. The Hall–Kier alpha value is -2.25. The van der Waals surface area contributed by atoms with E-state index in [0.29, 0.717) is 17.8 Å². The van der Waals surface area contributed by atoms with Gasteiger partial charge in [0.2, 0.25) is 0 Å². The molecule has 1 N–H and O–H groups in total. The van der Waals surface area contributed by atoms with Crippen LogP contribution in [0.3, 0.4) is 0 Å². The first kappa shape index (κ1) is 18.1. The number of thiophene rings is 1. The van der Waals surface area contributed by atoms with Crippen LogP contribution in [0, 0.1) is 18.6 Å². The Labute approximate surface area is 159 Å². The van der Waals surface area contributed by atoms with Crippen molar-refractivity contribution in [1.29, 1.82) is 0 Å². The van der Waals surface area contributed by atoms with Crippen LogP contribution in [0.5, 0.6) is 0 Å². The highest BCUT2D eigenvalue weighted by Crippen LogP contribution is 2.30. The molecule has 0 bridgehead atoms. The number of aromatic nitrogens is 1. The molecule has 1 amide bonds. The predicted molar refractivity (Wildman–Crippen MR) is 101 cm³/mol. The van der Waals surface area contributed by atoms with Crippen LogP contribution in [-0.4, -0.2) is 29.7 Å². The summed E-state index contributed by atoms with van der Waals surface area (Å²) >= 11 is 1.59. The van der Waals surface area contributed by atoms with E-state index >= 15 is 0 Å².